The molecule has 2 fully saturated rings. The summed E-state index contributed by atoms with van der Waals surface area (Å²) in [4.78, 5) is 0. The molecule has 0 bridgehead atoms. The van der Waals surface area contributed by atoms with Gasteiger partial charge in [0, 0.05) is 6.04 Å². The molecular weight excluding hydrogens is 218 g/mol. The first kappa shape index (κ1) is 14.4. The van der Waals surface area contributed by atoms with Crippen LogP contribution < -0.4 is 5.32 Å². The number of nitrogens with one attached hydrogen (secondary N) is 1. The van der Waals surface area contributed by atoms with E-state index in [2.05, 4.69) is 26.1 Å². The maximum atomic E-state index is 3.83. The van der Waals surface area contributed by atoms with Crippen LogP contribution in [0, 0.1) is 23.7 Å². The van der Waals surface area contributed by atoms with Crippen molar-refractivity contribution in [3.8, 4) is 0 Å². The van der Waals surface area contributed by atoms with Crippen LogP contribution in [-0.4, -0.2) is 12.6 Å². The van der Waals surface area contributed by atoms with Gasteiger partial charge in [-0.2, -0.15) is 0 Å². The summed E-state index contributed by atoms with van der Waals surface area (Å²) < 4.78 is 0. The second-order valence-corrected chi connectivity index (χ2v) is 7.35. The van der Waals surface area contributed by atoms with Crippen molar-refractivity contribution in [3.05, 3.63) is 0 Å². The summed E-state index contributed by atoms with van der Waals surface area (Å²) in [5.41, 5.74) is 0. The molecule has 0 spiro atoms. The Morgan fingerprint density at radius 1 is 0.889 bits per heavy atom. The Balaban J connectivity index is 1.60. The van der Waals surface area contributed by atoms with E-state index in [1.54, 1.807) is 0 Å². The van der Waals surface area contributed by atoms with Crippen molar-refractivity contribution in [2.75, 3.05) is 6.54 Å². The Hall–Kier alpha value is -0.0400. The molecular formula is C17H33N. The Bertz CT molecular complexity index is 238. The first-order valence-corrected chi connectivity index (χ1v) is 8.38. The lowest BCUT2D eigenvalue weighted by molar-refractivity contribution is 0.216. The van der Waals surface area contributed by atoms with Crippen molar-refractivity contribution in [2.45, 2.75) is 78.2 Å². The van der Waals surface area contributed by atoms with Gasteiger partial charge in [-0.05, 0) is 62.3 Å². The van der Waals surface area contributed by atoms with Gasteiger partial charge in [-0.15, -0.1) is 0 Å². The fraction of sp³-hybridized carbons (Fsp3) is 1.00. The van der Waals surface area contributed by atoms with Crippen LogP contribution in [0.2, 0.25) is 0 Å². The van der Waals surface area contributed by atoms with Crippen LogP contribution in [0.3, 0.4) is 0 Å². The zero-order valence-corrected chi connectivity index (χ0v) is 12.8. The average Bonchev–Trinajstić information content (AvgIpc) is 2.34. The third-order valence-corrected chi connectivity index (χ3v) is 5.63. The van der Waals surface area contributed by atoms with Crippen LogP contribution in [0.5, 0.6) is 0 Å². The molecule has 106 valence electrons. The van der Waals surface area contributed by atoms with Gasteiger partial charge in [0.25, 0.3) is 0 Å². The van der Waals surface area contributed by atoms with Crippen LogP contribution in [0.1, 0.15) is 72.1 Å². The minimum Gasteiger partial charge on any atom is -0.314 e. The van der Waals surface area contributed by atoms with Crippen molar-refractivity contribution in [2.24, 2.45) is 23.7 Å². The molecule has 1 heteroatoms. The number of hydrogen-bond acceptors (Lipinski definition) is 1. The summed E-state index contributed by atoms with van der Waals surface area (Å²) in [6.07, 6.45) is 11.6. The summed E-state index contributed by atoms with van der Waals surface area (Å²) in [5, 5.41) is 3.83. The minimum atomic E-state index is 0.817. The molecule has 18 heavy (non-hydrogen) atoms. The monoisotopic (exact) mass is 251 g/mol. The van der Waals surface area contributed by atoms with Crippen molar-refractivity contribution in [3.63, 3.8) is 0 Å². The van der Waals surface area contributed by atoms with Crippen molar-refractivity contribution in [1.29, 1.82) is 0 Å². The summed E-state index contributed by atoms with van der Waals surface area (Å²) in [5.74, 6) is 3.87. The van der Waals surface area contributed by atoms with E-state index in [0.717, 1.165) is 29.7 Å². The summed E-state index contributed by atoms with van der Waals surface area (Å²) in [6, 6.07) is 0.817. The fourth-order valence-corrected chi connectivity index (χ4v) is 4.05. The van der Waals surface area contributed by atoms with Crippen LogP contribution >= 0.6 is 0 Å². The topological polar surface area (TPSA) is 12.0 Å². The highest BCUT2D eigenvalue weighted by atomic mass is 14.9. The van der Waals surface area contributed by atoms with Gasteiger partial charge in [-0.25, -0.2) is 0 Å². The number of hydrogen-bond donors (Lipinski definition) is 1. The van der Waals surface area contributed by atoms with Gasteiger partial charge in [0.1, 0.15) is 0 Å². The lowest BCUT2D eigenvalue weighted by Gasteiger charge is -2.33. The highest BCUT2D eigenvalue weighted by Crippen LogP contribution is 2.31. The zero-order chi connectivity index (χ0) is 13.0. The van der Waals surface area contributed by atoms with E-state index in [4.69, 9.17) is 0 Å². The lowest BCUT2D eigenvalue weighted by atomic mass is 9.78. The molecule has 0 saturated heterocycles. The summed E-state index contributed by atoms with van der Waals surface area (Å²) >= 11 is 0. The van der Waals surface area contributed by atoms with Crippen molar-refractivity contribution in [1.82, 2.24) is 5.32 Å². The molecule has 5 atom stereocenters. The Kier molecular flexibility index (Phi) is 5.54. The molecule has 0 aromatic rings. The molecule has 0 aliphatic heterocycles. The van der Waals surface area contributed by atoms with E-state index < -0.39 is 0 Å². The standard InChI is InChI=1S/C17H33N/c1-13-5-4-6-16(11-13)9-10-18-17-8-7-14(2)15(3)12-17/h13-18H,4-12H2,1-3H3. The van der Waals surface area contributed by atoms with Crippen molar-refractivity contribution < 1.29 is 0 Å². The van der Waals surface area contributed by atoms with E-state index in [-0.39, 0.29) is 0 Å². The van der Waals surface area contributed by atoms with E-state index in [1.807, 2.05) is 0 Å². The Labute approximate surface area is 114 Å². The highest BCUT2D eigenvalue weighted by molar-refractivity contribution is 4.80. The molecule has 0 heterocycles. The quantitative estimate of drug-likeness (QED) is 0.769. The first-order valence-electron chi connectivity index (χ1n) is 8.38. The number of rotatable bonds is 4. The second-order valence-electron chi connectivity index (χ2n) is 7.35. The molecule has 1 N–H and O–H groups in total. The smallest absolute Gasteiger partial charge is 0.00698 e. The lowest BCUT2D eigenvalue weighted by Crippen LogP contribution is -2.37. The van der Waals surface area contributed by atoms with Gasteiger partial charge in [0.05, 0.1) is 0 Å². The molecule has 5 unspecified atom stereocenters. The van der Waals surface area contributed by atoms with E-state index >= 15 is 0 Å². The van der Waals surface area contributed by atoms with Gasteiger partial charge >= 0.3 is 0 Å². The normalized spacial score (nSPS) is 41.8. The predicted molar refractivity (Wildman–Crippen MR) is 79.7 cm³/mol. The second kappa shape index (κ2) is 6.93. The Morgan fingerprint density at radius 2 is 1.72 bits per heavy atom. The van der Waals surface area contributed by atoms with E-state index in [0.29, 0.717) is 0 Å². The molecule has 2 aliphatic carbocycles. The minimum absolute atomic E-state index is 0.817. The maximum Gasteiger partial charge on any atom is 0.00698 e. The summed E-state index contributed by atoms with van der Waals surface area (Å²) in [7, 11) is 0. The van der Waals surface area contributed by atoms with Gasteiger partial charge < -0.3 is 5.32 Å². The largest absolute Gasteiger partial charge is 0.314 e. The zero-order valence-electron chi connectivity index (χ0n) is 12.8. The molecule has 0 amide bonds. The van der Waals surface area contributed by atoms with Gasteiger partial charge in [-0.3, -0.25) is 0 Å². The van der Waals surface area contributed by atoms with Crippen LogP contribution in [-0.2, 0) is 0 Å². The van der Waals surface area contributed by atoms with E-state index in [9.17, 15) is 0 Å². The molecule has 1 nitrogen and oxygen atoms in total. The fourth-order valence-electron chi connectivity index (χ4n) is 4.05. The Morgan fingerprint density at radius 3 is 2.44 bits per heavy atom. The van der Waals surface area contributed by atoms with Crippen molar-refractivity contribution >= 4 is 0 Å². The first-order chi connectivity index (χ1) is 8.65. The van der Waals surface area contributed by atoms with Crippen LogP contribution in [0.4, 0.5) is 0 Å². The molecule has 2 aliphatic rings. The van der Waals surface area contributed by atoms with Crippen LogP contribution in [0.15, 0.2) is 0 Å². The average molecular weight is 251 g/mol. The molecule has 2 saturated carbocycles. The molecule has 0 aromatic carbocycles. The van der Waals surface area contributed by atoms with Gasteiger partial charge in [-0.1, -0.05) is 40.0 Å². The van der Waals surface area contributed by atoms with Gasteiger partial charge in [0.15, 0.2) is 0 Å². The highest BCUT2D eigenvalue weighted by Gasteiger charge is 2.24. The third-order valence-electron chi connectivity index (χ3n) is 5.63. The van der Waals surface area contributed by atoms with Crippen LogP contribution in [0.25, 0.3) is 0 Å². The third kappa shape index (κ3) is 4.26. The predicted octanol–water partition coefficient (Wildman–Crippen LogP) is 4.62. The molecule has 2 rings (SSSR count). The summed E-state index contributed by atoms with van der Waals surface area (Å²) in [6.45, 7) is 8.55. The SMILES string of the molecule is CC1CCCC(CCNC2CCC(C)C(C)C2)C1. The molecule has 0 aromatic heterocycles. The maximum absolute atomic E-state index is 3.83. The van der Waals surface area contributed by atoms with Gasteiger partial charge in [0.2, 0.25) is 0 Å². The van der Waals surface area contributed by atoms with E-state index in [1.165, 1.54) is 57.9 Å². The molecule has 0 radical (unpaired) electrons.